The van der Waals surface area contributed by atoms with Crippen LogP contribution in [0.3, 0.4) is 0 Å². The van der Waals surface area contributed by atoms with Crippen LogP contribution in [0.5, 0.6) is 0 Å². The van der Waals surface area contributed by atoms with E-state index in [0.717, 1.165) is 74.1 Å². The number of aromatic amines is 1. The van der Waals surface area contributed by atoms with Gasteiger partial charge in [0.2, 0.25) is 5.82 Å². The summed E-state index contributed by atoms with van der Waals surface area (Å²) in [7, 11) is 0. The van der Waals surface area contributed by atoms with Crippen LogP contribution in [0, 0.1) is 0 Å². The van der Waals surface area contributed by atoms with Gasteiger partial charge in [-0.1, -0.05) is 13.0 Å². The van der Waals surface area contributed by atoms with Gasteiger partial charge in [0.15, 0.2) is 6.04 Å². The summed E-state index contributed by atoms with van der Waals surface area (Å²) in [4.78, 5) is 17.6. The van der Waals surface area contributed by atoms with Crippen molar-refractivity contribution >= 4 is 10.9 Å². The molecule has 2 N–H and O–H groups in total. The van der Waals surface area contributed by atoms with Gasteiger partial charge in [-0.05, 0) is 58.8 Å². The molecule has 158 valence electrons. The van der Waals surface area contributed by atoms with Gasteiger partial charge in [-0.3, -0.25) is 4.79 Å². The molecular weight excluding hydrogens is 380 g/mol. The normalized spacial score (nSPS) is 20.9. The lowest BCUT2D eigenvalue weighted by Gasteiger charge is -2.24. The summed E-state index contributed by atoms with van der Waals surface area (Å²) in [5, 5.41) is 13.7. The molecule has 2 saturated heterocycles. The number of nitrogens with zero attached hydrogens (tertiary/aromatic N) is 4. The second-order valence-electron chi connectivity index (χ2n) is 8.48. The van der Waals surface area contributed by atoms with Crippen LogP contribution in [0.1, 0.15) is 55.6 Å². The fourth-order valence-electron chi connectivity index (χ4n) is 4.90. The summed E-state index contributed by atoms with van der Waals surface area (Å²) in [5.74, 6) is 0.763. The standard InChI is InChI=1S/C22H28N6O2/c1-2-15-7-8-19-16(12-15)13-18(22(29)23-19)20(27-9-3-4-10-27)21-24-25-26-28(21)14-17-6-5-11-30-17/h7-8,12-13,17,20H,2-6,9-11,14H2,1H3,(H,23,29)/p+1/t17-,20+/m0/s1. The van der Waals surface area contributed by atoms with Gasteiger partial charge in [-0.15, -0.1) is 5.10 Å². The number of likely N-dealkylation sites (tertiary alicyclic amines) is 1. The Balaban J connectivity index is 1.59. The molecule has 2 aromatic heterocycles. The molecule has 1 aromatic carbocycles. The van der Waals surface area contributed by atoms with Crippen molar-refractivity contribution in [3.8, 4) is 0 Å². The van der Waals surface area contributed by atoms with Gasteiger partial charge in [0.1, 0.15) is 0 Å². The van der Waals surface area contributed by atoms with Crippen LogP contribution >= 0.6 is 0 Å². The molecule has 2 aliphatic rings. The molecule has 3 aromatic rings. The van der Waals surface area contributed by atoms with Crippen molar-refractivity contribution in [3.63, 3.8) is 0 Å². The molecule has 0 unspecified atom stereocenters. The van der Waals surface area contributed by atoms with Crippen LogP contribution < -0.4 is 10.5 Å². The lowest BCUT2D eigenvalue weighted by atomic mass is 10.0. The van der Waals surface area contributed by atoms with Crippen molar-refractivity contribution < 1.29 is 9.64 Å². The number of H-pyrrole nitrogens is 1. The van der Waals surface area contributed by atoms with Gasteiger partial charge in [0.25, 0.3) is 5.56 Å². The first-order valence-corrected chi connectivity index (χ1v) is 11.1. The van der Waals surface area contributed by atoms with E-state index in [1.54, 1.807) is 0 Å². The number of ether oxygens (including phenoxy) is 1. The molecule has 0 amide bonds. The molecule has 2 aliphatic heterocycles. The lowest BCUT2D eigenvalue weighted by molar-refractivity contribution is -0.914. The SMILES string of the molecule is CCc1ccc2[nH]c(=O)c([C@H](c3nnnn3C[C@@H]3CCCO3)[NH+]3CCCC3)cc2c1. The molecule has 8 heteroatoms. The van der Waals surface area contributed by atoms with Crippen molar-refractivity contribution in [3.05, 3.63) is 51.6 Å². The molecule has 0 aliphatic carbocycles. The number of hydrogen-bond acceptors (Lipinski definition) is 5. The zero-order valence-electron chi connectivity index (χ0n) is 17.4. The Kier molecular flexibility index (Phi) is 5.35. The quantitative estimate of drug-likeness (QED) is 0.635. The smallest absolute Gasteiger partial charge is 0.258 e. The number of quaternary nitrogens is 1. The first-order valence-electron chi connectivity index (χ1n) is 11.1. The second-order valence-corrected chi connectivity index (χ2v) is 8.48. The highest BCUT2D eigenvalue weighted by Crippen LogP contribution is 2.22. The average molecular weight is 410 g/mol. The number of nitrogens with one attached hydrogen (secondary N) is 2. The minimum atomic E-state index is -0.178. The van der Waals surface area contributed by atoms with E-state index in [-0.39, 0.29) is 17.7 Å². The van der Waals surface area contributed by atoms with Crippen LogP contribution in [0.25, 0.3) is 10.9 Å². The predicted molar refractivity (Wildman–Crippen MR) is 113 cm³/mol. The molecule has 30 heavy (non-hydrogen) atoms. The highest BCUT2D eigenvalue weighted by molar-refractivity contribution is 5.79. The van der Waals surface area contributed by atoms with Crippen LogP contribution in [0.15, 0.2) is 29.1 Å². The molecule has 2 atom stereocenters. The van der Waals surface area contributed by atoms with Crippen molar-refractivity contribution in [2.24, 2.45) is 0 Å². The van der Waals surface area contributed by atoms with E-state index in [2.05, 4.69) is 45.6 Å². The maximum absolute atomic E-state index is 13.2. The molecule has 0 saturated carbocycles. The highest BCUT2D eigenvalue weighted by Gasteiger charge is 2.36. The Bertz CT molecular complexity index is 1080. The van der Waals surface area contributed by atoms with Gasteiger partial charge < -0.3 is 14.6 Å². The van der Waals surface area contributed by atoms with E-state index in [4.69, 9.17) is 4.74 Å². The topological polar surface area (TPSA) is 90.1 Å². The minimum absolute atomic E-state index is 0.0529. The van der Waals surface area contributed by atoms with Gasteiger partial charge in [-0.2, -0.15) is 0 Å². The van der Waals surface area contributed by atoms with E-state index in [1.165, 1.54) is 10.5 Å². The zero-order chi connectivity index (χ0) is 20.5. The van der Waals surface area contributed by atoms with Crippen molar-refractivity contribution in [2.45, 2.75) is 57.7 Å². The molecule has 0 radical (unpaired) electrons. The largest absolute Gasteiger partial charge is 0.376 e. The molecular formula is C22H29N6O2+. The van der Waals surface area contributed by atoms with Crippen molar-refractivity contribution in [1.29, 1.82) is 0 Å². The van der Waals surface area contributed by atoms with E-state index in [9.17, 15) is 4.79 Å². The van der Waals surface area contributed by atoms with Gasteiger partial charge in [0.05, 0.1) is 31.3 Å². The number of fused-ring (bicyclic) bond motifs is 1. The number of tetrazole rings is 1. The van der Waals surface area contributed by atoms with Gasteiger partial charge in [-0.25, -0.2) is 4.68 Å². The third-order valence-electron chi connectivity index (χ3n) is 6.53. The summed E-state index contributed by atoms with van der Waals surface area (Å²) >= 11 is 0. The Morgan fingerprint density at radius 1 is 1.27 bits per heavy atom. The molecule has 5 rings (SSSR count). The lowest BCUT2D eigenvalue weighted by Crippen LogP contribution is -3.10. The fraction of sp³-hybridized carbons (Fsp3) is 0.545. The van der Waals surface area contributed by atoms with E-state index >= 15 is 0 Å². The first-order chi connectivity index (χ1) is 14.7. The van der Waals surface area contributed by atoms with Crippen molar-refractivity contribution in [1.82, 2.24) is 25.2 Å². The Hall–Kier alpha value is -2.58. The summed E-state index contributed by atoms with van der Waals surface area (Å²) in [6.45, 7) is 5.61. The van der Waals surface area contributed by atoms with Gasteiger partial charge in [0, 0.05) is 25.0 Å². The number of aryl methyl sites for hydroxylation is 1. The summed E-state index contributed by atoms with van der Waals surface area (Å²) < 4.78 is 7.67. The molecule has 2 fully saturated rings. The monoisotopic (exact) mass is 409 g/mol. The number of rotatable bonds is 6. The van der Waals surface area contributed by atoms with E-state index in [1.807, 2.05) is 10.7 Å². The molecule has 0 bridgehead atoms. The summed E-state index contributed by atoms with van der Waals surface area (Å²) in [6.07, 6.45) is 5.52. The number of benzene rings is 1. The number of hydrogen-bond donors (Lipinski definition) is 2. The molecule has 4 heterocycles. The highest BCUT2D eigenvalue weighted by atomic mass is 16.5. The molecule has 0 spiro atoms. The zero-order valence-corrected chi connectivity index (χ0v) is 17.4. The van der Waals surface area contributed by atoms with Gasteiger partial charge >= 0.3 is 0 Å². The predicted octanol–water partition coefficient (Wildman–Crippen LogP) is 1.02. The Morgan fingerprint density at radius 3 is 2.90 bits per heavy atom. The summed E-state index contributed by atoms with van der Waals surface area (Å²) in [6, 6.07) is 8.11. The van der Waals surface area contributed by atoms with Crippen LogP contribution in [-0.4, -0.2) is 51.0 Å². The van der Waals surface area contributed by atoms with Crippen LogP contribution in [-0.2, 0) is 17.7 Å². The maximum atomic E-state index is 13.2. The van der Waals surface area contributed by atoms with Crippen molar-refractivity contribution in [2.75, 3.05) is 19.7 Å². The first kappa shape index (κ1) is 19.4. The maximum Gasteiger partial charge on any atom is 0.258 e. The fourth-order valence-corrected chi connectivity index (χ4v) is 4.90. The second kappa shape index (κ2) is 8.28. The number of pyridine rings is 1. The molecule has 8 nitrogen and oxygen atoms in total. The van der Waals surface area contributed by atoms with E-state index < -0.39 is 0 Å². The third kappa shape index (κ3) is 3.65. The summed E-state index contributed by atoms with van der Waals surface area (Å²) in [5.41, 5.74) is 2.82. The van der Waals surface area contributed by atoms with E-state index in [0.29, 0.717) is 6.54 Å². The Labute approximate surface area is 175 Å². The minimum Gasteiger partial charge on any atom is -0.376 e. The Morgan fingerprint density at radius 2 is 2.13 bits per heavy atom. The third-order valence-corrected chi connectivity index (χ3v) is 6.53. The number of aromatic nitrogens is 5. The van der Waals surface area contributed by atoms with Crippen LogP contribution in [0.4, 0.5) is 0 Å². The van der Waals surface area contributed by atoms with Crippen LogP contribution in [0.2, 0.25) is 0 Å². The average Bonchev–Trinajstić information content (AvgIpc) is 3.53.